The van der Waals surface area contributed by atoms with Crippen LogP contribution in [-0.2, 0) is 16.1 Å². The Morgan fingerprint density at radius 2 is 1.94 bits per heavy atom. The quantitative estimate of drug-likeness (QED) is 0.413. The van der Waals surface area contributed by atoms with E-state index in [0.29, 0.717) is 18.1 Å². The molecule has 7 nitrogen and oxygen atoms in total. The Labute approximate surface area is 207 Å². The molecule has 0 bridgehead atoms. The van der Waals surface area contributed by atoms with E-state index >= 15 is 0 Å². The maximum Gasteiger partial charge on any atom is 0.338 e. The highest BCUT2D eigenvalue weighted by Gasteiger charge is 2.35. The zero-order valence-corrected chi connectivity index (χ0v) is 20.6. The number of aromatic nitrogens is 3. The van der Waals surface area contributed by atoms with E-state index in [4.69, 9.17) is 9.47 Å². The molecule has 1 saturated carbocycles. The van der Waals surface area contributed by atoms with Crippen molar-refractivity contribution in [2.24, 2.45) is 0 Å². The van der Waals surface area contributed by atoms with Crippen molar-refractivity contribution in [1.29, 1.82) is 0 Å². The summed E-state index contributed by atoms with van der Waals surface area (Å²) in [6, 6.07) is 15.4. The van der Waals surface area contributed by atoms with Crippen molar-refractivity contribution < 1.29 is 14.3 Å². The van der Waals surface area contributed by atoms with Crippen molar-refractivity contribution in [2.45, 2.75) is 57.8 Å². The Morgan fingerprint density at radius 3 is 2.71 bits per heavy atom. The number of rotatable bonds is 6. The third-order valence-electron chi connectivity index (χ3n) is 6.33. The van der Waals surface area contributed by atoms with E-state index in [9.17, 15) is 4.79 Å². The lowest BCUT2D eigenvalue weighted by atomic mass is 9.95. The SMILES string of the molecule is CC1=C(C(=O)OC2CCCCC2)C(c2ccc(OCc3cccc(Br)c3)cc2)n2ncnc2N1. The number of benzene rings is 2. The monoisotopic (exact) mass is 522 g/mol. The van der Waals surface area contributed by atoms with Gasteiger partial charge in [0.15, 0.2) is 0 Å². The van der Waals surface area contributed by atoms with E-state index in [-0.39, 0.29) is 12.1 Å². The average Bonchev–Trinajstić information content (AvgIpc) is 3.31. The zero-order chi connectivity index (χ0) is 23.5. The number of ether oxygens (including phenoxy) is 2. The zero-order valence-electron chi connectivity index (χ0n) is 19.0. The highest BCUT2D eigenvalue weighted by atomic mass is 79.9. The maximum atomic E-state index is 13.3. The number of nitrogens with one attached hydrogen (secondary N) is 1. The van der Waals surface area contributed by atoms with Crippen LogP contribution in [0.25, 0.3) is 0 Å². The maximum absolute atomic E-state index is 13.3. The minimum absolute atomic E-state index is 0.0202. The number of carbonyl (C=O) groups is 1. The van der Waals surface area contributed by atoms with E-state index in [0.717, 1.165) is 52.7 Å². The first kappa shape index (κ1) is 22.7. The van der Waals surface area contributed by atoms with E-state index in [1.807, 2.05) is 55.5 Å². The molecule has 1 fully saturated rings. The van der Waals surface area contributed by atoms with Crippen LogP contribution < -0.4 is 10.1 Å². The average molecular weight is 523 g/mol. The molecule has 0 amide bonds. The first-order valence-corrected chi connectivity index (χ1v) is 12.4. The summed E-state index contributed by atoms with van der Waals surface area (Å²) < 4.78 is 14.7. The number of nitrogens with zero attached hydrogens (tertiary/aromatic N) is 3. The lowest BCUT2D eigenvalue weighted by Crippen LogP contribution is -2.32. The van der Waals surface area contributed by atoms with Crippen LogP contribution in [0.15, 0.2) is 70.6 Å². The highest BCUT2D eigenvalue weighted by Crippen LogP contribution is 2.36. The standard InChI is InChI=1S/C26H27BrN4O3/c1-17-23(25(32)34-22-8-3-2-4-9-22)24(31-26(30-17)28-16-29-31)19-10-12-21(13-11-19)33-15-18-6-5-7-20(27)14-18/h5-7,10-14,16,22,24H,2-4,8-9,15H2,1H3,(H,28,29,30). The Bertz CT molecular complexity index is 1200. The number of allylic oxidation sites excluding steroid dienone is 1. The summed E-state index contributed by atoms with van der Waals surface area (Å²) in [6.07, 6.45) is 6.74. The van der Waals surface area contributed by atoms with Crippen LogP contribution in [0, 0.1) is 0 Å². The van der Waals surface area contributed by atoms with Crippen LogP contribution in [0.1, 0.15) is 56.2 Å². The number of carbonyl (C=O) groups excluding carboxylic acids is 1. The van der Waals surface area contributed by atoms with Gasteiger partial charge in [0.05, 0.1) is 5.57 Å². The molecule has 34 heavy (non-hydrogen) atoms. The summed E-state index contributed by atoms with van der Waals surface area (Å²) in [6.45, 7) is 2.36. The Hall–Kier alpha value is -3.13. The molecule has 1 N–H and O–H groups in total. The summed E-state index contributed by atoms with van der Waals surface area (Å²) >= 11 is 3.49. The number of esters is 1. The van der Waals surface area contributed by atoms with Gasteiger partial charge in [0.1, 0.15) is 30.8 Å². The van der Waals surface area contributed by atoms with E-state index in [1.54, 1.807) is 4.68 Å². The molecule has 2 aromatic carbocycles. The van der Waals surface area contributed by atoms with Crippen LogP contribution in [0.4, 0.5) is 5.95 Å². The van der Waals surface area contributed by atoms with Gasteiger partial charge in [-0.3, -0.25) is 0 Å². The van der Waals surface area contributed by atoms with Gasteiger partial charge < -0.3 is 14.8 Å². The highest BCUT2D eigenvalue weighted by molar-refractivity contribution is 9.10. The molecular weight excluding hydrogens is 496 g/mol. The van der Waals surface area contributed by atoms with Crippen molar-refractivity contribution >= 4 is 27.8 Å². The summed E-state index contributed by atoms with van der Waals surface area (Å²) in [5.41, 5.74) is 3.29. The summed E-state index contributed by atoms with van der Waals surface area (Å²) in [7, 11) is 0. The third-order valence-corrected chi connectivity index (χ3v) is 6.82. The first-order valence-electron chi connectivity index (χ1n) is 11.6. The third kappa shape index (κ3) is 4.87. The Kier molecular flexibility index (Phi) is 6.67. The van der Waals surface area contributed by atoms with E-state index in [2.05, 4.69) is 31.3 Å². The lowest BCUT2D eigenvalue weighted by molar-refractivity contribution is -0.146. The Balaban J connectivity index is 1.37. The molecule has 0 saturated heterocycles. The van der Waals surface area contributed by atoms with Gasteiger partial charge in [-0.05, 0) is 68.0 Å². The molecular formula is C26H27BrN4O3. The smallest absolute Gasteiger partial charge is 0.338 e. The molecule has 1 unspecified atom stereocenters. The molecule has 1 aliphatic heterocycles. The molecule has 0 radical (unpaired) electrons. The number of anilines is 1. The second kappa shape index (κ2) is 10.0. The topological polar surface area (TPSA) is 78.3 Å². The summed E-state index contributed by atoms with van der Waals surface area (Å²) in [5, 5.41) is 7.60. The van der Waals surface area contributed by atoms with Gasteiger partial charge in [0.2, 0.25) is 5.95 Å². The van der Waals surface area contributed by atoms with Gasteiger partial charge in [-0.25, -0.2) is 9.48 Å². The summed E-state index contributed by atoms with van der Waals surface area (Å²) in [4.78, 5) is 17.6. The van der Waals surface area contributed by atoms with Gasteiger partial charge in [0.25, 0.3) is 0 Å². The molecule has 0 spiro atoms. The van der Waals surface area contributed by atoms with Crippen molar-refractivity contribution in [3.05, 3.63) is 81.7 Å². The van der Waals surface area contributed by atoms with Gasteiger partial charge in [-0.15, -0.1) is 0 Å². The van der Waals surface area contributed by atoms with Crippen molar-refractivity contribution in [2.75, 3.05) is 5.32 Å². The molecule has 2 aliphatic rings. The van der Waals surface area contributed by atoms with Crippen LogP contribution >= 0.6 is 15.9 Å². The van der Waals surface area contributed by atoms with Crippen molar-refractivity contribution in [1.82, 2.24) is 14.8 Å². The fourth-order valence-electron chi connectivity index (χ4n) is 4.60. The molecule has 8 heteroatoms. The molecule has 176 valence electrons. The minimum Gasteiger partial charge on any atom is -0.489 e. The van der Waals surface area contributed by atoms with Crippen LogP contribution in [0.3, 0.4) is 0 Å². The van der Waals surface area contributed by atoms with Gasteiger partial charge in [-0.1, -0.05) is 46.6 Å². The van der Waals surface area contributed by atoms with Crippen LogP contribution in [0.2, 0.25) is 0 Å². The normalized spacial score (nSPS) is 18.2. The van der Waals surface area contributed by atoms with Crippen LogP contribution in [0.5, 0.6) is 5.75 Å². The number of hydrogen-bond acceptors (Lipinski definition) is 6. The molecule has 2 heterocycles. The molecule has 1 aliphatic carbocycles. The number of hydrogen-bond donors (Lipinski definition) is 1. The fourth-order valence-corrected chi connectivity index (χ4v) is 5.05. The van der Waals surface area contributed by atoms with E-state index < -0.39 is 6.04 Å². The molecule has 1 atom stereocenters. The number of halogens is 1. The van der Waals surface area contributed by atoms with Crippen molar-refractivity contribution in [3.63, 3.8) is 0 Å². The predicted molar refractivity (Wildman–Crippen MR) is 132 cm³/mol. The van der Waals surface area contributed by atoms with Gasteiger partial charge in [0, 0.05) is 10.2 Å². The van der Waals surface area contributed by atoms with Crippen LogP contribution in [-0.4, -0.2) is 26.8 Å². The van der Waals surface area contributed by atoms with Gasteiger partial charge >= 0.3 is 5.97 Å². The van der Waals surface area contributed by atoms with Gasteiger partial charge in [-0.2, -0.15) is 10.1 Å². The second-order valence-electron chi connectivity index (χ2n) is 8.75. The minimum atomic E-state index is -0.422. The second-order valence-corrected chi connectivity index (χ2v) is 9.66. The molecule has 1 aromatic heterocycles. The molecule has 3 aromatic rings. The summed E-state index contributed by atoms with van der Waals surface area (Å²) in [5.74, 6) is 1.06. The fraction of sp³-hybridized carbons (Fsp3) is 0.346. The predicted octanol–water partition coefficient (Wildman–Crippen LogP) is 5.78. The Morgan fingerprint density at radius 1 is 1.15 bits per heavy atom. The first-order chi connectivity index (χ1) is 16.6. The van der Waals surface area contributed by atoms with E-state index in [1.165, 1.54) is 12.7 Å². The molecule has 5 rings (SSSR count). The lowest BCUT2D eigenvalue weighted by Gasteiger charge is -2.30. The largest absolute Gasteiger partial charge is 0.489 e. The van der Waals surface area contributed by atoms with Crippen molar-refractivity contribution in [3.8, 4) is 5.75 Å². The number of fused-ring (bicyclic) bond motifs is 1.